The molecule has 1 N–H and O–H groups in total. The Labute approximate surface area is 310 Å². The number of amides is 2. The van der Waals surface area contributed by atoms with Crippen molar-refractivity contribution in [2.24, 2.45) is 0 Å². The summed E-state index contributed by atoms with van der Waals surface area (Å²) in [5, 5.41) is 3.25. The van der Waals surface area contributed by atoms with Crippen molar-refractivity contribution in [2.45, 2.75) is 75.9 Å². The van der Waals surface area contributed by atoms with E-state index in [-0.39, 0.29) is 35.6 Å². The van der Waals surface area contributed by atoms with Crippen LogP contribution >= 0.6 is 15.9 Å². The van der Waals surface area contributed by atoms with Crippen LogP contribution in [0.4, 0.5) is 5.69 Å². The maximum atomic E-state index is 14.9. The first kappa shape index (κ1) is 37.9. The Hall–Kier alpha value is -4.35. The number of ether oxygens (including phenoxy) is 2. The summed E-state index contributed by atoms with van der Waals surface area (Å²) in [6.45, 7) is 3.30. The number of hydrogen-bond donors (Lipinski definition) is 1. The van der Waals surface area contributed by atoms with Gasteiger partial charge in [0.25, 0.3) is 10.0 Å². The molecule has 0 radical (unpaired) electrons. The van der Waals surface area contributed by atoms with Gasteiger partial charge < -0.3 is 19.7 Å². The molecule has 0 bridgehead atoms. The molecule has 1 atom stereocenters. The summed E-state index contributed by atoms with van der Waals surface area (Å²) in [5.41, 5.74) is 3.69. The third-order valence-corrected chi connectivity index (χ3v) is 11.4. The lowest BCUT2D eigenvalue weighted by Crippen LogP contribution is -2.55. The van der Waals surface area contributed by atoms with E-state index in [4.69, 9.17) is 9.47 Å². The van der Waals surface area contributed by atoms with E-state index in [9.17, 15) is 18.0 Å². The largest absolute Gasteiger partial charge is 0.493 e. The minimum absolute atomic E-state index is 0.0181. The summed E-state index contributed by atoms with van der Waals surface area (Å²) in [6.07, 6.45) is 5.23. The second kappa shape index (κ2) is 17.2. The summed E-state index contributed by atoms with van der Waals surface area (Å²) in [5.74, 6) is -0.157. The maximum Gasteiger partial charge on any atom is 0.264 e. The highest BCUT2D eigenvalue weighted by atomic mass is 79.9. The van der Waals surface area contributed by atoms with Gasteiger partial charge in [0.1, 0.15) is 12.6 Å². The molecule has 4 aromatic carbocycles. The molecule has 51 heavy (non-hydrogen) atoms. The Morgan fingerprint density at radius 3 is 2.14 bits per heavy atom. The third kappa shape index (κ3) is 9.71. The number of rotatable bonds is 14. The number of halogens is 1. The summed E-state index contributed by atoms with van der Waals surface area (Å²) in [6, 6.07) is 26.1. The number of methoxy groups -OCH3 is 2. The van der Waals surface area contributed by atoms with Crippen LogP contribution in [0.25, 0.3) is 0 Å². The highest BCUT2D eigenvalue weighted by Gasteiger charge is 2.36. The van der Waals surface area contributed by atoms with Crippen LogP contribution in [0.15, 0.2) is 100 Å². The van der Waals surface area contributed by atoms with Crippen molar-refractivity contribution in [3.63, 3.8) is 0 Å². The van der Waals surface area contributed by atoms with Gasteiger partial charge in [-0.3, -0.25) is 13.9 Å². The molecule has 0 heterocycles. The Kier molecular flexibility index (Phi) is 12.8. The van der Waals surface area contributed by atoms with E-state index in [1.807, 2.05) is 74.5 Å². The zero-order chi connectivity index (χ0) is 36.5. The van der Waals surface area contributed by atoms with Gasteiger partial charge in [0.2, 0.25) is 11.8 Å². The molecule has 0 saturated heterocycles. The SMILES string of the molecule is COc1ccc(S(=O)(=O)N(CC(=O)N(Cc2cccc(Br)c2)[C@H](Cc2ccccc2)C(=O)NC2CCCCC2)c2cc(C)cc(C)c2)cc1OC. The average Bonchev–Trinajstić information content (AvgIpc) is 3.12. The van der Waals surface area contributed by atoms with E-state index in [0.29, 0.717) is 11.4 Å². The predicted molar refractivity (Wildman–Crippen MR) is 204 cm³/mol. The lowest BCUT2D eigenvalue weighted by atomic mass is 9.94. The molecule has 9 nitrogen and oxygen atoms in total. The number of carbonyl (C=O) groups is 2. The highest BCUT2D eigenvalue weighted by Crippen LogP contribution is 2.33. The van der Waals surface area contributed by atoms with E-state index in [2.05, 4.69) is 21.2 Å². The number of hydrogen-bond acceptors (Lipinski definition) is 6. The van der Waals surface area contributed by atoms with E-state index in [0.717, 1.165) is 63.1 Å². The van der Waals surface area contributed by atoms with Crippen molar-refractivity contribution in [1.82, 2.24) is 10.2 Å². The Bertz CT molecular complexity index is 1910. The molecule has 1 aliphatic rings. The lowest BCUT2D eigenvalue weighted by molar-refractivity contribution is -0.140. The molecular weight excluding hydrogens is 730 g/mol. The summed E-state index contributed by atoms with van der Waals surface area (Å²) >= 11 is 3.54. The monoisotopic (exact) mass is 775 g/mol. The van der Waals surface area contributed by atoms with Gasteiger partial charge in [-0.1, -0.05) is 83.7 Å². The number of benzene rings is 4. The van der Waals surface area contributed by atoms with Crippen LogP contribution in [0.5, 0.6) is 11.5 Å². The fourth-order valence-electron chi connectivity index (χ4n) is 6.66. The number of sulfonamides is 1. The fraction of sp³-hybridized carbons (Fsp3) is 0.350. The molecule has 1 fully saturated rings. The second-order valence-electron chi connectivity index (χ2n) is 13.1. The van der Waals surface area contributed by atoms with Gasteiger partial charge in [-0.2, -0.15) is 0 Å². The van der Waals surface area contributed by atoms with E-state index >= 15 is 0 Å². The van der Waals surface area contributed by atoms with Gasteiger partial charge >= 0.3 is 0 Å². The minimum Gasteiger partial charge on any atom is -0.493 e. The Morgan fingerprint density at radius 1 is 0.824 bits per heavy atom. The molecule has 11 heteroatoms. The zero-order valence-corrected chi connectivity index (χ0v) is 32.0. The topological polar surface area (TPSA) is 105 Å². The van der Waals surface area contributed by atoms with Crippen molar-refractivity contribution in [2.75, 3.05) is 25.1 Å². The predicted octanol–water partition coefficient (Wildman–Crippen LogP) is 7.37. The van der Waals surface area contributed by atoms with Crippen molar-refractivity contribution < 1.29 is 27.5 Å². The summed E-state index contributed by atoms with van der Waals surface area (Å²) < 4.78 is 42.0. The van der Waals surface area contributed by atoms with Gasteiger partial charge in [-0.05, 0) is 85.3 Å². The molecule has 5 rings (SSSR count). The van der Waals surface area contributed by atoms with Crippen LogP contribution in [0.3, 0.4) is 0 Å². The number of carbonyl (C=O) groups excluding carboxylic acids is 2. The minimum atomic E-state index is -4.34. The molecule has 270 valence electrons. The van der Waals surface area contributed by atoms with Gasteiger partial charge in [0.05, 0.1) is 24.8 Å². The quantitative estimate of drug-likeness (QED) is 0.144. The first-order valence-electron chi connectivity index (χ1n) is 17.2. The van der Waals surface area contributed by atoms with Gasteiger partial charge in [-0.15, -0.1) is 0 Å². The lowest BCUT2D eigenvalue weighted by Gasteiger charge is -2.35. The highest BCUT2D eigenvalue weighted by molar-refractivity contribution is 9.10. The molecule has 2 amide bonds. The van der Waals surface area contributed by atoms with Crippen molar-refractivity contribution >= 4 is 43.5 Å². The average molecular weight is 777 g/mol. The van der Waals surface area contributed by atoms with Crippen LogP contribution in [-0.2, 0) is 32.6 Å². The van der Waals surface area contributed by atoms with Crippen LogP contribution in [0, 0.1) is 13.8 Å². The first-order valence-corrected chi connectivity index (χ1v) is 19.4. The summed E-state index contributed by atoms with van der Waals surface area (Å²) in [7, 11) is -1.43. The molecular formula is C40H46BrN3O6S. The van der Waals surface area contributed by atoms with E-state index in [1.54, 1.807) is 12.1 Å². The second-order valence-corrected chi connectivity index (χ2v) is 15.9. The number of aryl methyl sites for hydroxylation is 2. The first-order chi connectivity index (χ1) is 24.5. The van der Waals surface area contributed by atoms with E-state index in [1.165, 1.54) is 37.3 Å². The van der Waals surface area contributed by atoms with Crippen LogP contribution < -0.4 is 19.1 Å². The molecule has 0 spiro atoms. The fourth-order valence-corrected chi connectivity index (χ4v) is 8.52. The molecule has 0 aliphatic heterocycles. The van der Waals surface area contributed by atoms with Crippen molar-refractivity contribution in [1.29, 1.82) is 0 Å². The van der Waals surface area contributed by atoms with Crippen LogP contribution in [0.1, 0.15) is 54.4 Å². The normalized spacial score (nSPS) is 14.0. The molecule has 1 saturated carbocycles. The standard InChI is InChI=1S/C40H46BrN3O6S/c1-28-20-29(2)22-34(21-28)44(51(47,48)35-18-19-37(49-3)38(25-35)50-4)27-39(45)43(26-31-14-11-15-32(41)23-31)36(24-30-12-7-5-8-13-30)40(46)42-33-16-9-6-10-17-33/h5,7-8,11-15,18-23,25,33,36H,6,9-10,16-17,24,26-27H2,1-4H3,(H,42,46)/t36-/m1/s1. The van der Waals surface area contributed by atoms with Crippen molar-refractivity contribution in [3.05, 3.63) is 118 Å². The molecule has 0 aromatic heterocycles. The number of nitrogens with one attached hydrogen (secondary N) is 1. The maximum absolute atomic E-state index is 14.9. The van der Waals surface area contributed by atoms with Gasteiger partial charge in [0, 0.05) is 29.5 Å². The van der Waals surface area contributed by atoms with Crippen LogP contribution in [0.2, 0.25) is 0 Å². The van der Waals surface area contributed by atoms with Crippen LogP contribution in [-0.4, -0.2) is 58.0 Å². The Morgan fingerprint density at radius 2 is 1.49 bits per heavy atom. The third-order valence-electron chi connectivity index (χ3n) is 9.18. The van der Waals surface area contributed by atoms with Gasteiger partial charge in [-0.25, -0.2) is 8.42 Å². The van der Waals surface area contributed by atoms with Crippen molar-refractivity contribution in [3.8, 4) is 11.5 Å². The molecule has 1 aliphatic carbocycles. The van der Waals surface area contributed by atoms with E-state index < -0.39 is 28.5 Å². The summed E-state index contributed by atoms with van der Waals surface area (Å²) in [4.78, 5) is 30.7. The number of nitrogens with zero attached hydrogens (tertiary/aromatic N) is 2. The number of anilines is 1. The molecule has 4 aromatic rings. The smallest absolute Gasteiger partial charge is 0.264 e. The zero-order valence-electron chi connectivity index (χ0n) is 29.6. The van der Waals surface area contributed by atoms with Gasteiger partial charge in [0.15, 0.2) is 11.5 Å². The Balaban J connectivity index is 1.60. The molecule has 0 unspecified atom stereocenters.